The zero-order valence-corrected chi connectivity index (χ0v) is 12.5. The average Bonchev–Trinajstić information content (AvgIpc) is 2.43. The summed E-state index contributed by atoms with van der Waals surface area (Å²) in [5.41, 5.74) is 5.78. The molecule has 0 unspecified atom stereocenters. The minimum Gasteiger partial charge on any atom is -0.507 e. The topological polar surface area (TPSA) is 79.6 Å². The standard InChI is InChI=1S/C15H18N4O2/c1-9-7-10(2)17-15(16-9)19-18-11(3)13-6-5-12(21-4)8-14(13)20/h5-8,20H,1-4H3,(H,16,17,19). The lowest BCUT2D eigenvalue weighted by Crippen LogP contribution is -2.04. The van der Waals surface area contributed by atoms with Gasteiger partial charge in [-0.15, -0.1) is 0 Å². The predicted octanol–water partition coefficient (Wildman–Crippen LogP) is 2.64. The van der Waals surface area contributed by atoms with E-state index in [1.165, 1.54) is 0 Å². The zero-order valence-electron chi connectivity index (χ0n) is 12.5. The molecule has 0 radical (unpaired) electrons. The third-order valence-electron chi connectivity index (χ3n) is 2.90. The van der Waals surface area contributed by atoms with E-state index in [-0.39, 0.29) is 5.75 Å². The van der Waals surface area contributed by atoms with Gasteiger partial charge in [-0.1, -0.05) is 0 Å². The summed E-state index contributed by atoms with van der Waals surface area (Å²) in [6.07, 6.45) is 0. The Morgan fingerprint density at radius 2 is 1.86 bits per heavy atom. The Labute approximate surface area is 123 Å². The second kappa shape index (κ2) is 6.21. The molecule has 0 aliphatic carbocycles. The number of anilines is 1. The minimum atomic E-state index is 0.110. The maximum atomic E-state index is 9.96. The van der Waals surface area contributed by atoms with E-state index in [4.69, 9.17) is 4.74 Å². The number of ether oxygens (including phenoxy) is 1. The van der Waals surface area contributed by atoms with Crippen LogP contribution in [0.25, 0.3) is 0 Å². The molecule has 0 fully saturated rings. The second-order valence-electron chi connectivity index (χ2n) is 4.67. The Morgan fingerprint density at radius 3 is 2.43 bits per heavy atom. The fourth-order valence-electron chi connectivity index (χ4n) is 1.91. The molecule has 2 aromatic rings. The highest BCUT2D eigenvalue weighted by atomic mass is 16.5. The maximum Gasteiger partial charge on any atom is 0.243 e. The first-order chi connectivity index (χ1) is 9.99. The van der Waals surface area contributed by atoms with Crippen molar-refractivity contribution in [2.24, 2.45) is 5.10 Å². The first-order valence-electron chi connectivity index (χ1n) is 6.49. The summed E-state index contributed by atoms with van der Waals surface area (Å²) in [5.74, 6) is 1.13. The lowest BCUT2D eigenvalue weighted by Gasteiger charge is -2.07. The molecular weight excluding hydrogens is 268 g/mol. The predicted molar refractivity (Wildman–Crippen MR) is 82.0 cm³/mol. The van der Waals surface area contributed by atoms with E-state index in [0.717, 1.165) is 11.4 Å². The number of nitrogens with zero attached hydrogens (tertiary/aromatic N) is 3. The van der Waals surface area contributed by atoms with Gasteiger partial charge in [0.15, 0.2) is 0 Å². The molecular formula is C15H18N4O2. The lowest BCUT2D eigenvalue weighted by molar-refractivity contribution is 0.407. The van der Waals surface area contributed by atoms with Crippen LogP contribution in [0.15, 0.2) is 29.4 Å². The molecule has 2 N–H and O–H groups in total. The Bertz CT molecular complexity index is 663. The molecule has 0 aliphatic heterocycles. The van der Waals surface area contributed by atoms with Gasteiger partial charge in [-0.2, -0.15) is 5.10 Å². The SMILES string of the molecule is COc1ccc(C(C)=NNc2nc(C)cc(C)n2)c(O)c1. The lowest BCUT2D eigenvalue weighted by atomic mass is 10.1. The average molecular weight is 286 g/mol. The molecule has 0 bridgehead atoms. The van der Waals surface area contributed by atoms with Gasteiger partial charge in [0.2, 0.25) is 5.95 Å². The first kappa shape index (κ1) is 14.8. The van der Waals surface area contributed by atoms with Crippen LogP contribution >= 0.6 is 0 Å². The molecule has 0 saturated carbocycles. The van der Waals surface area contributed by atoms with E-state index < -0.39 is 0 Å². The van der Waals surface area contributed by atoms with Crippen LogP contribution in [-0.2, 0) is 0 Å². The van der Waals surface area contributed by atoms with Crippen molar-refractivity contribution in [2.45, 2.75) is 20.8 Å². The second-order valence-corrected chi connectivity index (χ2v) is 4.67. The van der Waals surface area contributed by atoms with Crippen LogP contribution in [0.2, 0.25) is 0 Å². The third-order valence-corrected chi connectivity index (χ3v) is 2.90. The van der Waals surface area contributed by atoms with Gasteiger partial charge in [0, 0.05) is 23.0 Å². The number of benzene rings is 1. The summed E-state index contributed by atoms with van der Waals surface area (Å²) in [6.45, 7) is 5.58. The Hall–Kier alpha value is -2.63. The van der Waals surface area contributed by atoms with Crippen molar-refractivity contribution >= 4 is 11.7 Å². The van der Waals surface area contributed by atoms with Gasteiger partial charge < -0.3 is 9.84 Å². The van der Waals surface area contributed by atoms with Crippen molar-refractivity contribution in [3.05, 3.63) is 41.2 Å². The summed E-state index contributed by atoms with van der Waals surface area (Å²) in [7, 11) is 1.55. The number of phenolic OH excluding ortho intramolecular Hbond substituents is 1. The van der Waals surface area contributed by atoms with Crippen LogP contribution in [0.1, 0.15) is 23.9 Å². The molecule has 2 rings (SSSR count). The van der Waals surface area contributed by atoms with Crippen LogP contribution in [0.3, 0.4) is 0 Å². The monoisotopic (exact) mass is 286 g/mol. The Kier molecular flexibility index (Phi) is 4.37. The number of hydrogen-bond donors (Lipinski definition) is 2. The number of aryl methyl sites for hydroxylation is 2. The number of aromatic nitrogens is 2. The van der Waals surface area contributed by atoms with E-state index >= 15 is 0 Å². The van der Waals surface area contributed by atoms with E-state index in [9.17, 15) is 5.11 Å². The quantitative estimate of drug-likeness (QED) is 0.667. The molecule has 0 spiro atoms. The Balaban J connectivity index is 2.21. The highest BCUT2D eigenvalue weighted by Gasteiger charge is 2.06. The number of hydrogen-bond acceptors (Lipinski definition) is 6. The number of methoxy groups -OCH3 is 1. The van der Waals surface area contributed by atoms with E-state index in [1.807, 2.05) is 19.9 Å². The molecule has 21 heavy (non-hydrogen) atoms. The normalized spacial score (nSPS) is 11.3. The van der Waals surface area contributed by atoms with Crippen LogP contribution in [-0.4, -0.2) is 27.9 Å². The van der Waals surface area contributed by atoms with Crippen molar-refractivity contribution in [2.75, 3.05) is 12.5 Å². The van der Waals surface area contributed by atoms with Crippen LogP contribution in [0, 0.1) is 13.8 Å². The molecule has 6 heteroatoms. The molecule has 0 amide bonds. The van der Waals surface area contributed by atoms with Gasteiger partial charge in [0.05, 0.1) is 12.8 Å². The fraction of sp³-hybridized carbons (Fsp3) is 0.267. The highest BCUT2D eigenvalue weighted by Crippen LogP contribution is 2.24. The zero-order chi connectivity index (χ0) is 15.4. The molecule has 1 aromatic carbocycles. The van der Waals surface area contributed by atoms with Gasteiger partial charge in [-0.05, 0) is 39.0 Å². The molecule has 0 saturated heterocycles. The van der Waals surface area contributed by atoms with Crippen LogP contribution in [0.5, 0.6) is 11.5 Å². The first-order valence-corrected chi connectivity index (χ1v) is 6.49. The number of phenols is 1. The molecule has 0 atom stereocenters. The van der Waals surface area contributed by atoms with Gasteiger partial charge in [0.1, 0.15) is 11.5 Å². The number of aromatic hydroxyl groups is 1. The summed E-state index contributed by atoms with van der Waals surface area (Å²) < 4.78 is 5.05. The molecule has 0 aliphatic rings. The van der Waals surface area contributed by atoms with Crippen molar-refractivity contribution in [3.8, 4) is 11.5 Å². The van der Waals surface area contributed by atoms with Crippen molar-refractivity contribution < 1.29 is 9.84 Å². The maximum absolute atomic E-state index is 9.96. The largest absolute Gasteiger partial charge is 0.507 e. The van der Waals surface area contributed by atoms with E-state index in [0.29, 0.717) is 23.0 Å². The number of nitrogens with one attached hydrogen (secondary N) is 1. The van der Waals surface area contributed by atoms with Gasteiger partial charge in [-0.25, -0.2) is 15.4 Å². The molecule has 110 valence electrons. The van der Waals surface area contributed by atoms with Gasteiger partial charge in [0.25, 0.3) is 0 Å². The van der Waals surface area contributed by atoms with Crippen molar-refractivity contribution in [1.82, 2.24) is 9.97 Å². The smallest absolute Gasteiger partial charge is 0.243 e. The summed E-state index contributed by atoms with van der Waals surface area (Å²) in [4.78, 5) is 8.48. The van der Waals surface area contributed by atoms with Gasteiger partial charge in [-0.3, -0.25) is 0 Å². The van der Waals surface area contributed by atoms with Crippen LogP contribution in [0.4, 0.5) is 5.95 Å². The number of rotatable bonds is 4. The highest BCUT2D eigenvalue weighted by molar-refractivity contribution is 6.01. The van der Waals surface area contributed by atoms with E-state index in [2.05, 4.69) is 20.5 Å². The minimum absolute atomic E-state index is 0.110. The summed E-state index contributed by atoms with van der Waals surface area (Å²) in [5, 5.41) is 14.2. The van der Waals surface area contributed by atoms with E-state index in [1.54, 1.807) is 32.2 Å². The Morgan fingerprint density at radius 1 is 1.19 bits per heavy atom. The summed E-state index contributed by atoms with van der Waals surface area (Å²) in [6, 6.07) is 6.94. The molecule has 6 nitrogen and oxygen atoms in total. The molecule has 1 aromatic heterocycles. The molecule has 1 heterocycles. The van der Waals surface area contributed by atoms with Crippen molar-refractivity contribution in [3.63, 3.8) is 0 Å². The van der Waals surface area contributed by atoms with Crippen LogP contribution < -0.4 is 10.2 Å². The third kappa shape index (κ3) is 3.68. The number of hydrazone groups is 1. The fourth-order valence-corrected chi connectivity index (χ4v) is 1.91. The summed E-state index contributed by atoms with van der Waals surface area (Å²) >= 11 is 0. The van der Waals surface area contributed by atoms with Crippen molar-refractivity contribution in [1.29, 1.82) is 0 Å². The van der Waals surface area contributed by atoms with Gasteiger partial charge >= 0.3 is 0 Å².